The molecule has 0 aliphatic rings. The van der Waals surface area contributed by atoms with Crippen molar-refractivity contribution in [1.82, 2.24) is 5.32 Å². The van der Waals surface area contributed by atoms with E-state index in [1.165, 1.54) is 16.7 Å². The zero-order valence-corrected chi connectivity index (χ0v) is 11.4. The summed E-state index contributed by atoms with van der Waals surface area (Å²) >= 11 is 0. The fourth-order valence-electron chi connectivity index (χ4n) is 2.16. The van der Waals surface area contributed by atoms with Crippen molar-refractivity contribution in [2.75, 3.05) is 7.05 Å². The summed E-state index contributed by atoms with van der Waals surface area (Å²) in [5.41, 5.74) is 4.09. The molecule has 1 N–H and O–H groups in total. The van der Waals surface area contributed by atoms with Crippen LogP contribution in [0.2, 0.25) is 0 Å². The van der Waals surface area contributed by atoms with Gasteiger partial charge in [0.1, 0.15) is 5.76 Å². The molecule has 0 bridgehead atoms. The van der Waals surface area contributed by atoms with Crippen LogP contribution in [-0.4, -0.2) is 13.1 Å². The van der Waals surface area contributed by atoms with Gasteiger partial charge in [-0.25, -0.2) is 0 Å². The minimum Gasteiger partial charge on any atom is -0.469 e. The van der Waals surface area contributed by atoms with Crippen LogP contribution in [0.1, 0.15) is 22.5 Å². The van der Waals surface area contributed by atoms with Crippen LogP contribution in [0.15, 0.2) is 41.0 Å². The number of nitrogens with one attached hydrogen (secondary N) is 1. The second-order valence-electron chi connectivity index (χ2n) is 4.89. The first kappa shape index (κ1) is 12.9. The molecule has 0 fully saturated rings. The molecular weight excluding hydrogens is 222 g/mol. The Morgan fingerprint density at radius 1 is 1.11 bits per heavy atom. The minimum absolute atomic E-state index is 0.415. The third-order valence-electron chi connectivity index (χ3n) is 3.49. The number of benzene rings is 1. The standard InChI is InChI=1S/C16H21NO/c1-12-6-7-14(9-13(12)2)10-15(17-3)11-16-5-4-8-18-16/h4-9,15,17H,10-11H2,1-3H3. The molecule has 1 heterocycles. The third-order valence-corrected chi connectivity index (χ3v) is 3.49. The van der Waals surface area contributed by atoms with Gasteiger partial charge >= 0.3 is 0 Å². The number of rotatable bonds is 5. The van der Waals surface area contributed by atoms with Crippen LogP contribution in [-0.2, 0) is 12.8 Å². The van der Waals surface area contributed by atoms with Crippen LogP contribution in [0.25, 0.3) is 0 Å². The van der Waals surface area contributed by atoms with E-state index >= 15 is 0 Å². The molecular formula is C16H21NO. The van der Waals surface area contributed by atoms with Gasteiger partial charge in [0.15, 0.2) is 0 Å². The fourth-order valence-corrected chi connectivity index (χ4v) is 2.16. The second kappa shape index (κ2) is 5.87. The molecule has 0 aliphatic heterocycles. The Balaban J connectivity index is 2.03. The maximum atomic E-state index is 5.41. The van der Waals surface area contributed by atoms with E-state index in [0.717, 1.165) is 18.6 Å². The summed E-state index contributed by atoms with van der Waals surface area (Å²) in [5, 5.41) is 3.36. The van der Waals surface area contributed by atoms with Crippen molar-refractivity contribution in [3.05, 3.63) is 59.0 Å². The molecule has 2 aromatic rings. The Hall–Kier alpha value is -1.54. The van der Waals surface area contributed by atoms with Crippen molar-refractivity contribution >= 4 is 0 Å². The topological polar surface area (TPSA) is 25.2 Å². The monoisotopic (exact) mass is 243 g/mol. The van der Waals surface area contributed by atoms with Crippen molar-refractivity contribution in [1.29, 1.82) is 0 Å². The van der Waals surface area contributed by atoms with Crippen molar-refractivity contribution in [2.45, 2.75) is 32.7 Å². The molecule has 0 aliphatic carbocycles. The average Bonchev–Trinajstić information content (AvgIpc) is 2.86. The Bertz CT molecular complexity index is 488. The van der Waals surface area contributed by atoms with E-state index in [2.05, 4.69) is 37.4 Å². The molecule has 0 spiro atoms. The van der Waals surface area contributed by atoms with Gasteiger partial charge in [-0.2, -0.15) is 0 Å². The van der Waals surface area contributed by atoms with Gasteiger partial charge in [-0.1, -0.05) is 18.2 Å². The highest BCUT2D eigenvalue weighted by atomic mass is 16.3. The largest absolute Gasteiger partial charge is 0.469 e. The highest BCUT2D eigenvalue weighted by Crippen LogP contribution is 2.13. The maximum absolute atomic E-state index is 5.41. The van der Waals surface area contributed by atoms with Gasteiger partial charge in [0.2, 0.25) is 0 Å². The van der Waals surface area contributed by atoms with Gasteiger partial charge in [0.25, 0.3) is 0 Å². The highest BCUT2D eigenvalue weighted by molar-refractivity contribution is 5.30. The molecule has 2 rings (SSSR count). The van der Waals surface area contributed by atoms with Gasteiger partial charge in [0, 0.05) is 12.5 Å². The van der Waals surface area contributed by atoms with E-state index in [1.807, 2.05) is 19.2 Å². The van der Waals surface area contributed by atoms with Crippen LogP contribution in [0, 0.1) is 13.8 Å². The summed E-state index contributed by atoms with van der Waals surface area (Å²) in [6.45, 7) is 4.32. The molecule has 1 atom stereocenters. The average molecular weight is 243 g/mol. The fraction of sp³-hybridized carbons (Fsp3) is 0.375. The third kappa shape index (κ3) is 3.23. The number of aryl methyl sites for hydroxylation is 2. The lowest BCUT2D eigenvalue weighted by Crippen LogP contribution is -2.29. The molecule has 96 valence electrons. The normalized spacial score (nSPS) is 12.6. The lowest BCUT2D eigenvalue weighted by Gasteiger charge is -2.15. The molecule has 1 aromatic heterocycles. The lowest BCUT2D eigenvalue weighted by molar-refractivity contribution is 0.456. The van der Waals surface area contributed by atoms with Crippen LogP contribution < -0.4 is 5.32 Å². The first-order valence-corrected chi connectivity index (χ1v) is 6.45. The molecule has 1 unspecified atom stereocenters. The molecule has 1 aromatic carbocycles. The number of hydrogen-bond acceptors (Lipinski definition) is 2. The van der Waals surface area contributed by atoms with E-state index < -0.39 is 0 Å². The smallest absolute Gasteiger partial charge is 0.105 e. The van der Waals surface area contributed by atoms with E-state index in [4.69, 9.17) is 4.42 Å². The predicted octanol–water partition coefficient (Wildman–Crippen LogP) is 3.27. The zero-order chi connectivity index (χ0) is 13.0. The Morgan fingerprint density at radius 2 is 1.94 bits per heavy atom. The maximum Gasteiger partial charge on any atom is 0.105 e. The molecule has 0 radical (unpaired) electrons. The lowest BCUT2D eigenvalue weighted by atomic mass is 9.99. The summed E-state index contributed by atoms with van der Waals surface area (Å²) in [4.78, 5) is 0. The van der Waals surface area contributed by atoms with Crippen LogP contribution in [0.4, 0.5) is 0 Å². The Kier molecular flexibility index (Phi) is 4.21. The predicted molar refractivity (Wildman–Crippen MR) is 74.9 cm³/mol. The SMILES string of the molecule is CNC(Cc1ccc(C)c(C)c1)Cc1ccco1. The quantitative estimate of drug-likeness (QED) is 0.872. The van der Waals surface area contributed by atoms with Crippen molar-refractivity contribution in [3.63, 3.8) is 0 Å². The first-order chi connectivity index (χ1) is 8.69. The molecule has 2 heteroatoms. The molecule has 0 saturated heterocycles. The van der Waals surface area contributed by atoms with E-state index in [1.54, 1.807) is 6.26 Å². The molecule has 0 amide bonds. The van der Waals surface area contributed by atoms with E-state index in [0.29, 0.717) is 6.04 Å². The summed E-state index contributed by atoms with van der Waals surface area (Å²) in [6, 6.07) is 11.1. The van der Waals surface area contributed by atoms with Gasteiger partial charge in [0.05, 0.1) is 6.26 Å². The molecule has 18 heavy (non-hydrogen) atoms. The number of hydrogen-bond donors (Lipinski definition) is 1. The second-order valence-corrected chi connectivity index (χ2v) is 4.89. The Labute approximate surface area is 109 Å². The van der Waals surface area contributed by atoms with Crippen LogP contribution in [0.3, 0.4) is 0 Å². The van der Waals surface area contributed by atoms with Gasteiger partial charge < -0.3 is 9.73 Å². The minimum atomic E-state index is 0.415. The van der Waals surface area contributed by atoms with E-state index in [9.17, 15) is 0 Å². The van der Waals surface area contributed by atoms with Gasteiger partial charge in [-0.3, -0.25) is 0 Å². The van der Waals surface area contributed by atoms with E-state index in [-0.39, 0.29) is 0 Å². The summed E-state index contributed by atoms with van der Waals surface area (Å²) in [6.07, 6.45) is 3.69. The molecule has 2 nitrogen and oxygen atoms in total. The van der Waals surface area contributed by atoms with Crippen LogP contribution in [0.5, 0.6) is 0 Å². The zero-order valence-electron chi connectivity index (χ0n) is 11.4. The van der Waals surface area contributed by atoms with Crippen LogP contribution >= 0.6 is 0 Å². The van der Waals surface area contributed by atoms with Crippen molar-refractivity contribution in [3.8, 4) is 0 Å². The molecule has 0 saturated carbocycles. The number of furan rings is 1. The summed E-state index contributed by atoms with van der Waals surface area (Å²) in [7, 11) is 2.01. The van der Waals surface area contributed by atoms with Crippen molar-refractivity contribution < 1.29 is 4.42 Å². The van der Waals surface area contributed by atoms with Gasteiger partial charge in [-0.05, 0) is 56.1 Å². The van der Waals surface area contributed by atoms with Gasteiger partial charge in [-0.15, -0.1) is 0 Å². The summed E-state index contributed by atoms with van der Waals surface area (Å²) < 4.78 is 5.41. The first-order valence-electron chi connectivity index (χ1n) is 6.45. The Morgan fingerprint density at radius 3 is 2.56 bits per heavy atom. The van der Waals surface area contributed by atoms with Crippen molar-refractivity contribution in [2.24, 2.45) is 0 Å². The highest BCUT2D eigenvalue weighted by Gasteiger charge is 2.10. The number of likely N-dealkylation sites (N-methyl/N-ethyl adjacent to an activating group) is 1. The summed E-state index contributed by atoms with van der Waals surface area (Å²) in [5.74, 6) is 1.04.